The van der Waals surface area contributed by atoms with Crippen LogP contribution in [0.25, 0.3) is 11.1 Å². The Balaban J connectivity index is 1.38. The molecule has 1 heterocycles. The highest BCUT2D eigenvalue weighted by atomic mass is 19.1. The van der Waals surface area contributed by atoms with Crippen LogP contribution >= 0.6 is 0 Å². The summed E-state index contributed by atoms with van der Waals surface area (Å²) in [4.78, 5) is 22.9. The first-order valence-electron chi connectivity index (χ1n) is 13.4. The van der Waals surface area contributed by atoms with Gasteiger partial charge < -0.3 is 19.5 Å². The van der Waals surface area contributed by atoms with Gasteiger partial charge in [0.1, 0.15) is 23.4 Å². The molecule has 1 aliphatic carbocycles. The van der Waals surface area contributed by atoms with E-state index in [9.17, 15) is 9.59 Å². The van der Waals surface area contributed by atoms with E-state index >= 15 is 4.39 Å². The third-order valence-corrected chi connectivity index (χ3v) is 7.72. The molecular weight excluding hydrogens is 497 g/mol. The number of carbonyl (C=O) groups is 2. The molecule has 3 aromatic carbocycles. The molecule has 0 saturated heterocycles. The van der Waals surface area contributed by atoms with Crippen molar-refractivity contribution in [3.8, 4) is 22.6 Å². The smallest absolute Gasteiger partial charge is 0.306 e. The lowest BCUT2D eigenvalue weighted by molar-refractivity contribution is -0.141. The Morgan fingerprint density at radius 1 is 1.10 bits per heavy atom. The molecule has 0 bridgehead atoms. The number of esters is 1. The normalized spacial score (nSPS) is 17.3. The van der Waals surface area contributed by atoms with E-state index in [1.165, 1.54) is 14.0 Å². The molecule has 0 aromatic heterocycles. The highest BCUT2D eigenvalue weighted by Crippen LogP contribution is 2.45. The predicted octanol–water partition coefficient (Wildman–Crippen LogP) is 5.89. The van der Waals surface area contributed by atoms with Crippen molar-refractivity contribution < 1.29 is 28.2 Å². The number of halogens is 1. The van der Waals surface area contributed by atoms with Crippen LogP contribution in [0.4, 0.5) is 4.39 Å². The molecule has 0 fully saturated rings. The SMILES string of the molecule is COC(=O)C[C@@H]1COc2cc(O[C@@H]3CCc4c(-c5c(C)cc(CCNC(C)=O)cc5C)ccc(F)c43)ccc21. The molecule has 204 valence electrons. The molecule has 39 heavy (non-hydrogen) atoms. The molecule has 0 unspecified atom stereocenters. The number of amides is 1. The summed E-state index contributed by atoms with van der Waals surface area (Å²) >= 11 is 0. The van der Waals surface area contributed by atoms with Crippen molar-refractivity contribution in [1.29, 1.82) is 0 Å². The number of hydrogen-bond donors (Lipinski definition) is 1. The quantitative estimate of drug-likeness (QED) is 0.367. The van der Waals surface area contributed by atoms with Crippen molar-refractivity contribution >= 4 is 11.9 Å². The lowest BCUT2D eigenvalue weighted by atomic mass is 9.88. The van der Waals surface area contributed by atoms with Crippen molar-refractivity contribution in [2.75, 3.05) is 20.3 Å². The van der Waals surface area contributed by atoms with Crippen LogP contribution < -0.4 is 14.8 Å². The van der Waals surface area contributed by atoms with Gasteiger partial charge in [-0.05, 0) is 78.6 Å². The second-order valence-electron chi connectivity index (χ2n) is 10.5. The Hall–Kier alpha value is -3.87. The Morgan fingerprint density at radius 2 is 1.87 bits per heavy atom. The van der Waals surface area contributed by atoms with Crippen LogP contribution in [0, 0.1) is 19.7 Å². The lowest BCUT2D eigenvalue weighted by Gasteiger charge is -2.19. The van der Waals surface area contributed by atoms with Crippen molar-refractivity contribution in [1.82, 2.24) is 5.32 Å². The number of carbonyl (C=O) groups excluding carboxylic acids is 2. The number of nitrogens with one attached hydrogen (secondary N) is 1. The van der Waals surface area contributed by atoms with E-state index in [4.69, 9.17) is 14.2 Å². The molecular formula is C32H34FNO5. The monoisotopic (exact) mass is 531 g/mol. The van der Waals surface area contributed by atoms with Crippen molar-refractivity contribution in [3.05, 3.63) is 81.7 Å². The fourth-order valence-corrected chi connectivity index (χ4v) is 5.98. The fraction of sp³-hybridized carbons (Fsp3) is 0.375. The third kappa shape index (κ3) is 5.49. The minimum absolute atomic E-state index is 0.0334. The summed E-state index contributed by atoms with van der Waals surface area (Å²) in [6.45, 7) is 6.70. The van der Waals surface area contributed by atoms with Gasteiger partial charge in [-0.1, -0.05) is 24.3 Å². The van der Waals surface area contributed by atoms with E-state index in [2.05, 4.69) is 31.3 Å². The van der Waals surface area contributed by atoms with E-state index in [1.54, 1.807) is 6.07 Å². The molecule has 1 aliphatic heterocycles. The fourth-order valence-electron chi connectivity index (χ4n) is 5.98. The average molecular weight is 532 g/mol. The zero-order chi connectivity index (χ0) is 27.7. The topological polar surface area (TPSA) is 73.9 Å². The number of ether oxygens (including phenoxy) is 3. The van der Waals surface area contributed by atoms with Crippen molar-refractivity contribution in [2.24, 2.45) is 0 Å². The van der Waals surface area contributed by atoms with E-state index in [1.807, 2.05) is 24.3 Å². The second kappa shape index (κ2) is 11.1. The van der Waals surface area contributed by atoms with E-state index in [0.29, 0.717) is 36.6 Å². The summed E-state index contributed by atoms with van der Waals surface area (Å²) < 4.78 is 32.2. The van der Waals surface area contributed by atoms with Gasteiger partial charge in [0.05, 0.1) is 20.1 Å². The first kappa shape index (κ1) is 26.7. The number of fused-ring (bicyclic) bond motifs is 2. The molecule has 3 aromatic rings. The molecule has 7 heteroatoms. The highest BCUT2D eigenvalue weighted by Gasteiger charge is 2.32. The number of hydrogen-bond acceptors (Lipinski definition) is 5. The van der Waals surface area contributed by atoms with Crippen LogP contribution in [0.2, 0.25) is 0 Å². The summed E-state index contributed by atoms with van der Waals surface area (Å²) in [5.74, 6) is 0.709. The molecule has 2 atom stereocenters. The van der Waals surface area contributed by atoms with Crippen LogP contribution in [-0.2, 0) is 27.2 Å². The zero-order valence-corrected chi connectivity index (χ0v) is 22.9. The molecule has 2 aliphatic rings. The average Bonchev–Trinajstić information content (AvgIpc) is 3.49. The molecule has 0 saturated carbocycles. The van der Waals surface area contributed by atoms with Gasteiger partial charge in [-0.25, -0.2) is 4.39 Å². The van der Waals surface area contributed by atoms with Gasteiger partial charge in [0.15, 0.2) is 0 Å². The number of rotatable bonds is 8. The predicted molar refractivity (Wildman–Crippen MR) is 147 cm³/mol. The molecule has 0 spiro atoms. The van der Waals surface area contributed by atoms with E-state index < -0.39 is 6.10 Å². The lowest BCUT2D eigenvalue weighted by Crippen LogP contribution is -2.22. The van der Waals surface area contributed by atoms with Gasteiger partial charge in [-0.15, -0.1) is 0 Å². The first-order chi connectivity index (χ1) is 18.7. The van der Waals surface area contributed by atoms with E-state index in [0.717, 1.165) is 51.8 Å². The summed E-state index contributed by atoms with van der Waals surface area (Å²) in [5, 5.41) is 2.85. The summed E-state index contributed by atoms with van der Waals surface area (Å²) in [5.41, 5.74) is 8.15. The molecule has 0 radical (unpaired) electrons. The summed E-state index contributed by atoms with van der Waals surface area (Å²) in [6, 6.07) is 13.4. The molecule has 5 rings (SSSR count). The van der Waals surface area contributed by atoms with Crippen molar-refractivity contribution in [2.45, 2.75) is 58.5 Å². The number of benzene rings is 3. The molecule has 6 nitrogen and oxygen atoms in total. The molecule has 1 N–H and O–H groups in total. The number of methoxy groups -OCH3 is 1. The van der Waals surface area contributed by atoms with Crippen LogP contribution in [0.15, 0.2) is 42.5 Å². The highest BCUT2D eigenvalue weighted by molar-refractivity contribution is 5.76. The Morgan fingerprint density at radius 3 is 2.59 bits per heavy atom. The van der Waals surface area contributed by atoms with Crippen LogP contribution in [-0.4, -0.2) is 32.1 Å². The first-order valence-corrected chi connectivity index (χ1v) is 13.4. The van der Waals surface area contributed by atoms with Gasteiger partial charge in [0.2, 0.25) is 5.91 Å². The maximum Gasteiger partial charge on any atom is 0.306 e. The zero-order valence-electron chi connectivity index (χ0n) is 22.9. The van der Waals surface area contributed by atoms with Gasteiger partial charge in [0.25, 0.3) is 0 Å². The Kier molecular flexibility index (Phi) is 7.60. The van der Waals surface area contributed by atoms with Crippen LogP contribution in [0.5, 0.6) is 11.5 Å². The summed E-state index contributed by atoms with van der Waals surface area (Å²) in [6.07, 6.45) is 2.02. The standard InChI is InChI=1S/C32H34FNO5/c1-18-13-21(11-12-34-20(3)35)14-19(2)31(18)25-7-9-27(33)32-26(25)8-10-28(32)39-23-5-6-24-22(15-30(36)37-4)17-38-29(24)16-23/h5-7,9,13-14,16,22,28H,8,10-12,15,17H2,1-4H3,(H,34,35)/t22-,28-/m1/s1. The van der Waals surface area contributed by atoms with Gasteiger partial charge in [0, 0.05) is 36.6 Å². The Bertz CT molecular complexity index is 1410. The third-order valence-electron chi connectivity index (χ3n) is 7.72. The Labute approximate surface area is 228 Å². The van der Waals surface area contributed by atoms with Crippen molar-refractivity contribution in [3.63, 3.8) is 0 Å². The summed E-state index contributed by atoms with van der Waals surface area (Å²) in [7, 11) is 1.38. The molecule has 1 amide bonds. The minimum atomic E-state index is -0.400. The maximum absolute atomic E-state index is 15.3. The van der Waals surface area contributed by atoms with Crippen LogP contribution in [0.3, 0.4) is 0 Å². The maximum atomic E-state index is 15.3. The number of aryl methyl sites for hydroxylation is 2. The second-order valence-corrected chi connectivity index (χ2v) is 10.5. The van der Waals surface area contributed by atoms with Gasteiger partial charge in [-0.2, -0.15) is 0 Å². The largest absolute Gasteiger partial charge is 0.492 e. The van der Waals surface area contributed by atoms with Crippen LogP contribution in [0.1, 0.15) is 65.2 Å². The van der Waals surface area contributed by atoms with Gasteiger partial charge >= 0.3 is 5.97 Å². The van der Waals surface area contributed by atoms with Gasteiger partial charge in [-0.3, -0.25) is 9.59 Å². The van der Waals surface area contributed by atoms with E-state index in [-0.39, 0.29) is 30.0 Å². The minimum Gasteiger partial charge on any atom is -0.492 e.